The van der Waals surface area contributed by atoms with Crippen molar-refractivity contribution in [1.82, 2.24) is 4.90 Å². The number of primary amides is 1. The predicted octanol–water partition coefficient (Wildman–Crippen LogP) is 0.700. The van der Waals surface area contributed by atoms with Gasteiger partial charge in [0, 0.05) is 12.6 Å². The van der Waals surface area contributed by atoms with Crippen molar-refractivity contribution in [3.05, 3.63) is 0 Å². The molecule has 16 heavy (non-hydrogen) atoms. The fourth-order valence-corrected chi connectivity index (χ4v) is 2.38. The molecule has 1 amide bonds. The first-order chi connectivity index (χ1) is 7.34. The number of carbonyl (C=O) groups is 1. The van der Waals surface area contributed by atoms with Crippen LogP contribution in [0.2, 0.25) is 0 Å². The number of hydrogen-bond acceptors (Lipinski definition) is 3. The first-order valence-corrected chi connectivity index (χ1v) is 6.17. The number of rotatable bonds is 5. The van der Waals surface area contributed by atoms with Gasteiger partial charge in [-0.05, 0) is 38.6 Å². The van der Waals surface area contributed by atoms with Crippen molar-refractivity contribution in [2.45, 2.75) is 51.6 Å². The highest BCUT2D eigenvalue weighted by molar-refractivity contribution is 5.83. The van der Waals surface area contributed by atoms with E-state index in [2.05, 4.69) is 18.7 Å². The van der Waals surface area contributed by atoms with Crippen molar-refractivity contribution >= 4 is 5.91 Å². The second-order valence-corrected chi connectivity index (χ2v) is 5.52. The van der Waals surface area contributed by atoms with Crippen LogP contribution < -0.4 is 11.5 Å². The molecular weight excluding hydrogens is 202 g/mol. The Labute approximate surface area is 98.3 Å². The summed E-state index contributed by atoms with van der Waals surface area (Å²) >= 11 is 0. The molecule has 2 unspecified atom stereocenters. The van der Waals surface area contributed by atoms with Gasteiger partial charge in [-0.15, -0.1) is 0 Å². The molecule has 1 aliphatic heterocycles. The van der Waals surface area contributed by atoms with E-state index in [0.29, 0.717) is 18.4 Å². The summed E-state index contributed by atoms with van der Waals surface area (Å²) in [6, 6.07) is 0.642. The Hall–Kier alpha value is -0.610. The van der Waals surface area contributed by atoms with Crippen LogP contribution in [-0.2, 0) is 4.79 Å². The number of amides is 1. The maximum atomic E-state index is 11.1. The van der Waals surface area contributed by atoms with Crippen LogP contribution >= 0.6 is 0 Å². The second kappa shape index (κ2) is 5.15. The second-order valence-electron chi connectivity index (χ2n) is 5.52. The molecule has 1 fully saturated rings. The highest BCUT2D eigenvalue weighted by Gasteiger charge is 2.31. The summed E-state index contributed by atoms with van der Waals surface area (Å²) < 4.78 is 0. The predicted molar refractivity (Wildman–Crippen MR) is 65.8 cm³/mol. The molecule has 1 saturated heterocycles. The molecule has 94 valence electrons. The monoisotopic (exact) mass is 227 g/mol. The molecular formula is C12H25N3O. The summed E-state index contributed by atoms with van der Waals surface area (Å²) in [6.07, 6.45) is 3.15. The van der Waals surface area contributed by atoms with Crippen molar-refractivity contribution in [2.24, 2.45) is 17.4 Å². The molecule has 4 N–H and O–H groups in total. The number of carbonyl (C=O) groups excluding carboxylic acids is 1. The van der Waals surface area contributed by atoms with E-state index in [4.69, 9.17) is 11.5 Å². The Bertz CT molecular complexity index is 251. The number of nitrogens with two attached hydrogens (primary N) is 2. The van der Waals surface area contributed by atoms with Crippen LogP contribution in [0.3, 0.4) is 0 Å². The Morgan fingerprint density at radius 1 is 1.56 bits per heavy atom. The van der Waals surface area contributed by atoms with Crippen LogP contribution in [0.5, 0.6) is 0 Å². The Morgan fingerprint density at radius 2 is 2.19 bits per heavy atom. The largest absolute Gasteiger partial charge is 0.368 e. The highest BCUT2D eigenvalue weighted by atomic mass is 16.1. The van der Waals surface area contributed by atoms with Gasteiger partial charge in [0.1, 0.15) is 0 Å². The molecule has 0 aromatic rings. The Balaban J connectivity index is 2.46. The minimum Gasteiger partial charge on any atom is -0.368 e. The van der Waals surface area contributed by atoms with E-state index in [1.165, 1.54) is 12.8 Å². The lowest BCUT2D eigenvalue weighted by molar-refractivity contribution is -0.122. The fraction of sp³-hybridized carbons (Fsp3) is 0.917. The van der Waals surface area contributed by atoms with Crippen molar-refractivity contribution in [1.29, 1.82) is 0 Å². The Morgan fingerprint density at radius 3 is 2.69 bits per heavy atom. The highest BCUT2D eigenvalue weighted by Crippen LogP contribution is 2.24. The van der Waals surface area contributed by atoms with Gasteiger partial charge in [-0.3, -0.25) is 4.79 Å². The minimum atomic E-state index is -0.871. The molecule has 0 saturated carbocycles. The first-order valence-electron chi connectivity index (χ1n) is 6.17. The summed E-state index contributed by atoms with van der Waals surface area (Å²) in [7, 11) is 0. The molecule has 1 rings (SSSR count). The molecule has 2 atom stereocenters. The zero-order valence-corrected chi connectivity index (χ0v) is 10.7. The summed E-state index contributed by atoms with van der Waals surface area (Å²) in [5.41, 5.74) is 10.3. The molecule has 0 aromatic carbocycles. The average molecular weight is 227 g/mol. The number of likely N-dealkylation sites (tertiary alicyclic amines) is 1. The molecule has 1 aliphatic rings. The van der Waals surface area contributed by atoms with Gasteiger partial charge in [0.15, 0.2) is 0 Å². The third-order valence-electron chi connectivity index (χ3n) is 3.67. The topological polar surface area (TPSA) is 72.3 Å². The molecule has 1 heterocycles. The van der Waals surface area contributed by atoms with E-state index < -0.39 is 11.4 Å². The molecule has 0 radical (unpaired) electrons. The van der Waals surface area contributed by atoms with Crippen molar-refractivity contribution in [3.63, 3.8) is 0 Å². The van der Waals surface area contributed by atoms with E-state index in [1.807, 2.05) is 0 Å². The van der Waals surface area contributed by atoms with Gasteiger partial charge in [0.05, 0.1) is 5.54 Å². The zero-order chi connectivity index (χ0) is 12.3. The van der Waals surface area contributed by atoms with Gasteiger partial charge in [0.2, 0.25) is 5.91 Å². The smallest absolute Gasteiger partial charge is 0.237 e. The van der Waals surface area contributed by atoms with Gasteiger partial charge in [-0.25, -0.2) is 0 Å². The average Bonchev–Trinajstić information content (AvgIpc) is 2.62. The maximum Gasteiger partial charge on any atom is 0.237 e. The van der Waals surface area contributed by atoms with E-state index in [-0.39, 0.29) is 0 Å². The van der Waals surface area contributed by atoms with Crippen LogP contribution in [0.4, 0.5) is 0 Å². The van der Waals surface area contributed by atoms with E-state index in [1.54, 1.807) is 6.92 Å². The quantitative estimate of drug-likeness (QED) is 0.726. The first kappa shape index (κ1) is 13.5. The van der Waals surface area contributed by atoms with Crippen LogP contribution in [0.1, 0.15) is 40.0 Å². The standard InChI is InChI=1S/C12H25N3O/c1-9(2)10-5-4-7-15(10)8-6-12(3,14)11(13)16/h9-10H,4-8,14H2,1-3H3,(H2,13,16). The number of nitrogens with zero attached hydrogens (tertiary/aromatic N) is 1. The fourth-order valence-electron chi connectivity index (χ4n) is 2.38. The van der Waals surface area contributed by atoms with Crippen LogP contribution in [0, 0.1) is 5.92 Å². The molecule has 0 spiro atoms. The lowest BCUT2D eigenvalue weighted by Gasteiger charge is -2.30. The third-order valence-corrected chi connectivity index (χ3v) is 3.67. The van der Waals surface area contributed by atoms with Crippen molar-refractivity contribution in [2.75, 3.05) is 13.1 Å². The van der Waals surface area contributed by atoms with E-state index in [9.17, 15) is 4.79 Å². The Kier molecular flexibility index (Phi) is 4.33. The van der Waals surface area contributed by atoms with Gasteiger partial charge in [0.25, 0.3) is 0 Å². The van der Waals surface area contributed by atoms with E-state index in [0.717, 1.165) is 13.1 Å². The molecule has 0 aromatic heterocycles. The van der Waals surface area contributed by atoms with Crippen LogP contribution in [-0.4, -0.2) is 35.5 Å². The van der Waals surface area contributed by atoms with Crippen molar-refractivity contribution in [3.8, 4) is 0 Å². The van der Waals surface area contributed by atoms with E-state index >= 15 is 0 Å². The van der Waals surface area contributed by atoms with Crippen molar-refractivity contribution < 1.29 is 4.79 Å². The lowest BCUT2D eigenvalue weighted by atomic mass is 9.97. The molecule has 0 bridgehead atoms. The normalized spacial score (nSPS) is 25.9. The molecule has 4 nitrogen and oxygen atoms in total. The summed E-state index contributed by atoms with van der Waals surface area (Å²) in [4.78, 5) is 13.6. The minimum absolute atomic E-state index is 0.409. The molecule has 0 aliphatic carbocycles. The number of hydrogen-bond donors (Lipinski definition) is 2. The zero-order valence-electron chi connectivity index (χ0n) is 10.7. The third kappa shape index (κ3) is 3.19. The van der Waals surface area contributed by atoms with Gasteiger partial charge >= 0.3 is 0 Å². The lowest BCUT2D eigenvalue weighted by Crippen LogP contribution is -2.51. The van der Waals surface area contributed by atoms with Gasteiger partial charge < -0.3 is 16.4 Å². The van der Waals surface area contributed by atoms with Gasteiger partial charge in [-0.2, -0.15) is 0 Å². The van der Waals surface area contributed by atoms with Gasteiger partial charge in [-0.1, -0.05) is 13.8 Å². The SMILES string of the molecule is CC(C)C1CCCN1CCC(C)(N)C(N)=O. The summed E-state index contributed by atoms with van der Waals surface area (Å²) in [5.74, 6) is 0.257. The summed E-state index contributed by atoms with van der Waals surface area (Å²) in [5, 5.41) is 0. The van der Waals surface area contributed by atoms with Crippen LogP contribution in [0.15, 0.2) is 0 Å². The van der Waals surface area contributed by atoms with Crippen LogP contribution in [0.25, 0.3) is 0 Å². The molecule has 4 heteroatoms. The maximum absolute atomic E-state index is 11.1. The summed E-state index contributed by atoms with van der Waals surface area (Å²) in [6.45, 7) is 8.21.